The molecule has 3 N–H and O–H groups in total. The minimum absolute atomic E-state index is 0.0114. The van der Waals surface area contributed by atoms with E-state index in [1.54, 1.807) is 35.2 Å². The molecule has 0 radical (unpaired) electrons. The van der Waals surface area contributed by atoms with Crippen molar-refractivity contribution in [3.05, 3.63) is 42.2 Å². The van der Waals surface area contributed by atoms with Crippen LogP contribution in [0.3, 0.4) is 0 Å². The minimum Gasteiger partial charge on any atom is -0.457 e. The van der Waals surface area contributed by atoms with Gasteiger partial charge in [-0.1, -0.05) is 31.0 Å². The monoisotopic (exact) mass is 424 g/mol. The zero-order valence-corrected chi connectivity index (χ0v) is 16.9. The topological polar surface area (TPSA) is 126 Å². The van der Waals surface area contributed by atoms with Crippen molar-refractivity contribution in [3.8, 4) is 0 Å². The number of hydrogen-bond donors (Lipinski definition) is 2. The lowest BCUT2D eigenvalue weighted by Gasteiger charge is -2.15. The Kier molecular flexibility index (Phi) is 5.39. The quantitative estimate of drug-likeness (QED) is 0.574. The lowest BCUT2D eigenvalue weighted by Crippen LogP contribution is -2.20. The Morgan fingerprint density at radius 3 is 2.84 bits per heavy atom. The van der Waals surface area contributed by atoms with Crippen molar-refractivity contribution in [1.29, 1.82) is 0 Å². The predicted molar refractivity (Wildman–Crippen MR) is 112 cm³/mol. The lowest BCUT2D eigenvalue weighted by atomic mass is 10.2. The third kappa shape index (κ3) is 4.17. The molecule has 1 aliphatic heterocycles. The van der Waals surface area contributed by atoms with E-state index in [-0.39, 0.29) is 19.2 Å². The van der Waals surface area contributed by atoms with Gasteiger partial charge >= 0.3 is 5.97 Å². The number of rotatable bonds is 6. The number of imidazole rings is 1. The second-order valence-corrected chi connectivity index (χ2v) is 7.70. The van der Waals surface area contributed by atoms with Crippen LogP contribution in [-0.2, 0) is 14.2 Å². The molecule has 1 aliphatic carbocycles. The van der Waals surface area contributed by atoms with Crippen molar-refractivity contribution in [2.24, 2.45) is 0 Å². The van der Waals surface area contributed by atoms with E-state index in [0.717, 1.165) is 12.8 Å². The Hall–Kier alpha value is -3.24. The van der Waals surface area contributed by atoms with Crippen molar-refractivity contribution < 1.29 is 19.0 Å². The molecule has 5 rings (SSSR count). The molecule has 31 heavy (non-hydrogen) atoms. The molecule has 10 nitrogen and oxygen atoms in total. The number of nitrogens with one attached hydrogen (secondary N) is 1. The highest BCUT2D eigenvalue weighted by Crippen LogP contribution is 2.29. The number of anilines is 2. The first-order valence-corrected chi connectivity index (χ1v) is 10.4. The van der Waals surface area contributed by atoms with E-state index < -0.39 is 18.5 Å². The van der Waals surface area contributed by atoms with Gasteiger partial charge in [-0.2, -0.15) is 9.97 Å². The number of fused-ring (bicyclic) bond motifs is 1. The Balaban J connectivity index is 1.27. The van der Waals surface area contributed by atoms with Gasteiger partial charge in [0.25, 0.3) is 0 Å². The molecule has 162 valence electrons. The summed E-state index contributed by atoms with van der Waals surface area (Å²) in [5, 5.41) is 3.45. The highest BCUT2D eigenvalue weighted by atomic mass is 16.7. The van der Waals surface area contributed by atoms with E-state index in [0.29, 0.717) is 28.6 Å². The van der Waals surface area contributed by atoms with E-state index in [1.807, 2.05) is 6.07 Å². The molecule has 3 aromatic rings. The third-order valence-corrected chi connectivity index (χ3v) is 5.54. The minimum atomic E-state index is -0.676. The second kappa shape index (κ2) is 8.48. The Morgan fingerprint density at radius 1 is 1.23 bits per heavy atom. The fourth-order valence-electron chi connectivity index (χ4n) is 3.99. The number of nitrogens with zero attached hydrogens (tertiary/aromatic N) is 4. The predicted octanol–water partition coefficient (Wildman–Crippen LogP) is 2.49. The van der Waals surface area contributed by atoms with Crippen LogP contribution in [0, 0.1) is 0 Å². The molecular weight excluding hydrogens is 400 g/mol. The Labute approximate surface area is 178 Å². The van der Waals surface area contributed by atoms with Gasteiger partial charge in [-0.3, -0.25) is 4.57 Å². The number of aromatic nitrogens is 4. The van der Waals surface area contributed by atoms with Gasteiger partial charge in [0.05, 0.1) is 18.5 Å². The molecule has 2 fully saturated rings. The van der Waals surface area contributed by atoms with Gasteiger partial charge in [-0.25, -0.2) is 9.78 Å². The van der Waals surface area contributed by atoms with Crippen molar-refractivity contribution in [2.75, 3.05) is 24.3 Å². The van der Waals surface area contributed by atoms with Crippen LogP contribution in [0.15, 0.2) is 36.7 Å². The summed E-state index contributed by atoms with van der Waals surface area (Å²) in [6.07, 6.45) is 5.14. The average Bonchev–Trinajstić information content (AvgIpc) is 3.53. The summed E-state index contributed by atoms with van der Waals surface area (Å²) in [5.41, 5.74) is 7.65. The van der Waals surface area contributed by atoms with Gasteiger partial charge in [0.1, 0.15) is 6.61 Å². The molecule has 0 spiro atoms. The van der Waals surface area contributed by atoms with Gasteiger partial charge in [0.15, 0.2) is 29.5 Å². The standard InChI is InChI=1S/C21H24N6O4/c22-21-25-18(24-14-8-4-5-9-14)17-19(26-21)27(12-23-17)15-10-29-16(31-15)11-30-20(28)13-6-2-1-3-7-13/h1-3,6-7,12,14-16H,4-5,8-11H2,(H3,22,24,25,26)/t15-,16-/m1/s1. The molecule has 2 aliphatic rings. The highest BCUT2D eigenvalue weighted by molar-refractivity contribution is 5.89. The van der Waals surface area contributed by atoms with Crippen molar-refractivity contribution in [1.82, 2.24) is 19.5 Å². The molecular formula is C21H24N6O4. The van der Waals surface area contributed by atoms with Crippen LogP contribution in [0.4, 0.5) is 11.8 Å². The molecule has 1 saturated carbocycles. The molecule has 0 amide bonds. The summed E-state index contributed by atoms with van der Waals surface area (Å²) in [7, 11) is 0. The van der Waals surface area contributed by atoms with Gasteiger partial charge in [-0.15, -0.1) is 0 Å². The largest absolute Gasteiger partial charge is 0.457 e. The highest BCUT2D eigenvalue weighted by Gasteiger charge is 2.30. The second-order valence-electron chi connectivity index (χ2n) is 7.70. The molecule has 0 bridgehead atoms. The van der Waals surface area contributed by atoms with Gasteiger partial charge < -0.3 is 25.3 Å². The number of esters is 1. The van der Waals surface area contributed by atoms with Crippen LogP contribution in [0.2, 0.25) is 0 Å². The molecule has 2 aromatic heterocycles. The van der Waals surface area contributed by atoms with E-state index in [2.05, 4.69) is 20.3 Å². The van der Waals surface area contributed by atoms with Crippen molar-refractivity contribution in [3.63, 3.8) is 0 Å². The fraction of sp³-hybridized carbons (Fsp3) is 0.429. The molecule has 1 saturated heterocycles. The first kappa shape index (κ1) is 19.7. The number of nitrogens with two attached hydrogens (primary N) is 1. The average molecular weight is 424 g/mol. The smallest absolute Gasteiger partial charge is 0.338 e. The van der Waals surface area contributed by atoms with E-state index >= 15 is 0 Å². The van der Waals surface area contributed by atoms with Gasteiger partial charge in [-0.05, 0) is 25.0 Å². The normalized spacial score (nSPS) is 21.5. The maximum absolute atomic E-state index is 12.1. The summed E-state index contributed by atoms with van der Waals surface area (Å²) < 4.78 is 18.6. The molecule has 2 atom stereocenters. The summed E-state index contributed by atoms with van der Waals surface area (Å²) in [6, 6.07) is 9.16. The maximum atomic E-state index is 12.1. The Bertz CT molecular complexity index is 1070. The van der Waals surface area contributed by atoms with Crippen LogP contribution in [0.25, 0.3) is 11.2 Å². The van der Waals surface area contributed by atoms with Crippen LogP contribution in [0.5, 0.6) is 0 Å². The van der Waals surface area contributed by atoms with Crippen molar-refractivity contribution >= 4 is 28.9 Å². The van der Waals surface area contributed by atoms with E-state index in [1.165, 1.54) is 12.8 Å². The summed E-state index contributed by atoms with van der Waals surface area (Å²) >= 11 is 0. The number of hydrogen-bond acceptors (Lipinski definition) is 9. The van der Waals surface area contributed by atoms with Crippen LogP contribution >= 0.6 is 0 Å². The molecule has 1 aromatic carbocycles. The van der Waals surface area contributed by atoms with Gasteiger partial charge in [0.2, 0.25) is 5.95 Å². The maximum Gasteiger partial charge on any atom is 0.338 e. The summed E-state index contributed by atoms with van der Waals surface area (Å²) in [4.78, 5) is 25.3. The molecule has 0 unspecified atom stereocenters. The van der Waals surface area contributed by atoms with Crippen LogP contribution in [-0.4, -0.2) is 51.0 Å². The van der Waals surface area contributed by atoms with Crippen LogP contribution < -0.4 is 11.1 Å². The number of benzene rings is 1. The lowest BCUT2D eigenvalue weighted by molar-refractivity contribution is -0.102. The SMILES string of the molecule is Nc1nc(NC2CCCC2)c2ncn([C@H]3CO[C@@H](COC(=O)c4ccccc4)O3)c2n1. The Morgan fingerprint density at radius 2 is 2.03 bits per heavy atom. The van der Waals surface area contributed by atoms with Crippen molar-refractivity contribution in [2.45, 2.75) is 44.2 Å². The first-order valence-electron chi connectivity index (χ1n) is 10.4. The van der Waals surface area contributed by atoms with E-state index in [4.69, 9.17) is 19.9 Å². The van der Waals surface area contributed by atoms with E-state index in [9.17, 15) is 4.79 Å². The fourth-order valence-corrected chi connectivity index (χ4v) is 3.99. The zero-order chi connectivity index (χ0) is 21.2. The number of ether oxygens (including phenoxy) is 3. The number of carbonyl (C=O) groups is 1. The first-order chi connectivity index (χ1) is 15.2. The third-order valence-electron chi connectivity index (χ3n) is 5.54. The molecule has 10 heteroatoms. The van der Waals surface area contributed by atoms with Crippen LogP contribution in [0.1, 0.15) is 42.3 Å². The number of carbonyl (C=O) groups excluding carboxylic acids is 1. The molecule has 3 heterocycles. The zero-order valence-electron chi connectivity index (χ0n) is 16.9. The summed E-state index contributed by atoms with van der Waals surface area (Å²) in [6.45, 7) is 0.261. The summed E-state index contributed by atoms with van der Waals surface area (Å²) in [5.74, 6) is 0.384. The number of nitrogen functional groups attached to an aromatic ring is 1. The van der Waals surface area contributed by atoms with Gasteiger partial charge in [0, 0.05) is 6.04 Å².